The Hall–Kier alpha value is -2.05. The number of aromatic hydroxyl groups is 1. The number of nitrogens with zero attached hydrogens (tertiary/aromatic N) is 1. The molecule has 0 saturated carbocycles. The van der Waals surface area contributed by atoms with Crippen LogP contribution in [0.1, 0.15) is 10.4 Å². The maximum atomic E-state index is 12.7. The van der Waals surface area contributed by atoms with Gasteiger partial charge in [0.25, 0.3) is 0 Å². The van der Waals surface area contributed by atoms with E-state index < -0.39 is 33.6 Å². The smallest absolute Gasteiger partial charge is 0.349 e. The number of rotatable bonds is 2. The quantitative estimate of drug-likeness (QED) is 0.447. The van der Waals surface area contributed by atoms with Gasteiger partial charge in [0, 0.05) is 0 Å². The van der Waals surface area contributed by atoms with Gasteiger partial charge < -0.3 is 5.11 Å². The number of phenolic OH excluding ortho intramolecular Hbond substituents is 1. The zero-order valence-corrected chi connectivity index (χ0v) is 6.53. The van der Waals surface area contributed by atoms with Gasteiger partial charge in [-0.15, -0.1) is 0 Å². The third-order valence-corrected chi connectivity index (χ3v) is 1.51. The Morgan fingerprint density at radius 1 is 1.50 bits per heavy atom. The minimum Gasteiger partial charge on any atom is -0.502 e. The first-order valence-corrected chi connectivity index (χ1v) is 3.29. The van der Waals surface area contributed by atoms with Crippen molar-refractivity contribution in [3.05, 3.63) is 33.4 Å². The largest absolute Gasteiger partial charge is 0.502 e. The van der Waals surface area contributed by atoms with Crippen LogP contribution in [0, 0.1) is 21.7 Å². The van der Waals surface area contributed by atoms with E-state index in [1.807, 2.05) is 0 Å². The van der Waals surface area contributed by atoms with Crippen molar-refractivity contribution in [3.8, 4) is 5.75 Å². The Bertz CT molecular complexity index is 419. The number of carbonyl (C=O) groups excluding carboxylic acids is 1. The summed E-state index contributed by atoms with van der Waals surface area (Å²) in [6, 6.07) is 0.380. The molecular weight excluding hydrogens is 200 g/mol. The molecule has 0 aromatic heterocycles. The van der Waals surface area contributed by atoms with E-state index in [0.29, 0.717) is 6.07 Å². The molecule has 0 bridgehead atoms. The summed E-state index contributed by atoms with van der Waals surface area (Å²) in [6.45, 7) is 0. The normalized spacial score (nSPS) is 9.86. The van der Waals surface area contributed by atoms with Crippen molar-refractivity contribution in [1.29, 1.82) is 0 Å². The first-order valence-electron chi connectivity index (χ1n) is 3.29. The number of halogens is 2. The second-order valence-corrected chi connectivity index (χ2v) is 2.33. The highest BCUT2D eigenvalue weighted by Gasteiger charge is 2.27. The van der Waals surface area contributed by atoms with Crippen molar-refractivity contribution in [2.24, 2.45) is 0 Å². The van der Waals surface area contributed by atoms with Gasteiger partial charge in [-0.2, -0.15) is 4.39 Å². The van der Waals surface area contributed by atoms with Gasteiger partial charge in [-0.1, -0.05) is 0 Å². The maximum Gasteiger partial charge on any atom is 0.349 e. The average molecular weight is 203 g/mol. The second kappa shape index (κ2) is 3.36. The molecule has 7 heteroatoms. The van der Waals surface area contributed by atoms with Crippen LogP contribution in [0.3, 0.4) is 0 Å². The molecule has 0 aliphatic heterocycles. The van der Waals surface area contributed by atoms with Crippen LogP contribution in [0.2, 0.25) is 0 Å². The van der Waals surface area contributed by atoms with Gasteiger partial charge in [0.15, 0.2) is 12.1 Å². The molecule has 0 aliphatic carbocycles. The molecule has 0 amide bonds. The van der Waals surface area contributed by atoms with Crippen molar-refractivity contribution in [2.75, 3.05) is 0 Å². The summed E-state index contributed by atoms with van der Waals surface area (Å²) in [5.41, 5.74) is -2.11. The fourth-order valence-corrected chi connectivity index (χ4v) is 0.878. The van der Waals surface area contributed by atoms with E-state index in [4.69, 9.17) is 5.11 Å². The minimum atomic E-state index is -1.79. The number of benzene rings is 1. The van der Waals surface area contributed by atoms with E-state index in [0.717, 1.165) is 0 Å². The standard InChI is InChI=1S/C7H3F2NO4/c8-4-1-3(2-11)7(12)6(5(4)9)10(13)14/h1-2,12H. The molecule has 74 valence electrons. The molecule has 0 saturated heterocycles. The minimum absolute atomic E-state index is 0.00907. The van der Waals surface area contributed by atoms with Crippen LogP contribution in [0.5, 0.6) is 5.75 Å². The van der Waals surface area contributed by atoms with Crippen molar-refractivity contribution < 1.29 is 23.6 Å². The van der Waals surface area contributed by atoms with Gasteiger partial charge in [-0.25, -0.2) is 4.39 Å². The molecule has 0 fully saturated rings. The highest BCUT2D eigenvalue weighted by molar-refractivity contribution is 5.82. The van der Waals surface area contributed by atoms with Crippen LogP contribution in [-0.2, 0) is 0 Å². The fraction of sp³-hybridized carbons (Fsp3) is 0. The van der Waals surface area contributed by atoms with E-state index in [9.17, 15) is 23.7 Å². The number of nitro benzene ring substituents is 1. The highest BCUT2D eigenvalue weighted by Crippen LogP contribution is 2.33. The maximum absolute atomic E-state index is 12.7. The summed E-state index contributed by atoms with van der Waals surface area (Å²) in [5, 5.41) is 19.2. The zero-order chi connectivity index (χ0) is 10.9. The Labute approximate surface area is 75.7 Å². The molecule has 0 radical (unpaired) electrons. The molecule has 1 aromatic carbocycles. The molecule has 0 aliphatic rings. The summed E-state index contributed by atoms with van der Waals surface area (Å²) in [6.07, 6.45) is -0.00907. The molecule has 1 aromatic rings. The SMILES string of the molecule is O=Cc1cc(F)c(F)c([N+](=O)[O-])c1O. The Morgan fingerprint density at radius 2 is 2.07 bits per heavy atom. The molecule has 0 unspecified atom stereocenters. The number of nitro groups is 1. The number of aldehydes is 1. The Kier molecular flexibility index (Phi) is 2.41. The predicted octanol–water partition coefficient (Wildman–Crippen LogP) is 1.39. The van der Waals surface area contributed by atoms with Gasteiger partial charge in [-0.3, -0.25) is 14.9 Å². The first kappa shape index (κ1) is 10.0. The lowest BCUT2D eigenvalue weighted by atomic mass is 10.1. The summed E-state index contributed by atoms with van der Waals surface area (Å²) in [7, 11) is 0. The number of hydrogen-bond donors (Lipinski definition) is 1. The third kappa shape index (κ3) is 1.39. The van der Waals surface area contributed by atoms with Crippen molar-refractivity contribution in [3.63, 3.8) is 0 Å². The zero-order valence-electron chi connectivity index (χ0n) is 6.53. The summed E-state index contributed by atoms with van der Waals surface area (Å²) in [4.78, 5) is 19.1. The van der Waals surface area contributed by atoms with Gasteiger partial charge in [-0.05, 0) is 6.07 Å². The third-order valence-electron chi connectivity index (χ3n) is 1.51. The van der Waals surface area contributed by atoms with Gasteiger partial charge >= 0.3 is 5.69 Å². The molecule has 0 spiro atoms. The fourth-order valence-electron chi connectivity index (χ4n) is 0.878. The van der Waals surface area contributed by atoms with Crippen molar-refractivity contribution in [2.45, 2.75) is 0 Å². The monoisotopic (exact) mass is 203 g/mol. The summed E-state index contributed by atoms with van der Waals surface area (Å²) in [5.74, 6) is -4.53. The van der Waals surface area contributed by atoms with Gasteiger partial charge in [0.2, 0.25) is 11.6 Å². The molecule has 1 N–H and O–H groups in total. The van der Waals surface area contributed by atoms with Crippen LogP contribution in [-0.4, -0.2) is 16.3 Å². The van der Waals surface area contributed by atoms with Gasteiger partial charge in [0.05, 0.1) is 10.5 Å². The van der Waals surface area contributed by atoms with E-state index in [1.165, 1.54) is 0 Å². The van der Waals surface area contributed by atoms with Crippen LogP contribution < -0.4 is 0 Å². The van der Waals surface area contributed by atoms with Crippen LogP contribution in [0.25, 0.3) is 0 Å². The lowest BCUT2D eigenvalue weighted by Gasteiger charge is -2.00. The Balaban J connectivity index is 3.61. The topological polar surface area (TPSA) is 80.4 Å². The highest BCUT2D eigenvalue weighted by atomic mass is 19.2. The summed E-state index contributed by atoms with van der Waals surface area (Å²) < 4.78 is 25.4. The van der Waals surface area contributed by atoms with E-state index in [1.54, 1.807) is 0 Å². The first-order chi connectivity index (χ1) is 6.49. The molecule has 5 nitrogen and oxygen atoms in total. The van der Waals surface area contributed by atoms with Crippen LogP contribution in [0.4, 0.5) is 14.5 Å². The Morgan fingerprint density at radius 3 is 2.50 bits per heavy atom. The lowest BCUT2D eigenvalue weighted by molar-refractivity contribution is -0.388. The molecule has 0 atom stereocenters. The molecule has 1 rings (SSSR count). The number of hydrogen-bond acceptors (Lipinski definition) is 4. The number of carbonyl (C=O) groups is 1. The van der Waals surface area contributed by atoms with Crippen LogP contribution >= 0.6 is 0 Å². The average Bonchev–Trinajstić information content (AvgIpc) is 2.11. The van der Waals surface area contributed by atoms with E-state index >= 15 is 0 Å². The predicted molar refractivity (Wildman–Crippen MR) is 40.1 cm³/mol. The van der Waals surface area contributed by atoms with Crippen molar-refractivity contribution >= 4 is 12.0 Å². The second-order valence-electron chi connectivity index (χ2n) is 2.33. The molecule has 0 heterocycles. The summed E-state index contributed by atoms with van der Waals surface area (Å²) >= 11 is 0. The molecular formula is C7H3F2NO4. The molecule has 14 heavy (non-hydrogen) atoms. The van der Waals surface area contributed by atoms with Crippen LogP contribution in [0.15, 0.2) is 6.07 Å². The van der Waals surface area contributed by atoms with Gasteiger partial charge in [0.1, 0.15) is 0 Å². The van der Waals surface area contributed by atoms with Crippen molar-refractivity contribution in [1.82, 2.24) is 0 Å². The van der Waals surface area contributed by atoms with E-state index in [2.05, 4.69) is 0 Å². The lowest BCUT2D eigenvalue weighted by Crippen LogP contribution is -1.99. The number of phenols is 1. The van der Waals surface area contributed by atoms with E-state index in [-0.39, 0.29) is 6.29 Å².